The van der Waals surface area contributed by atoms with Gasteiger partial charge in [-0.1, -0.05) is 39.0 Å². The molecule has 0 aromatic carbocycles. The zero-order valence-electron chi connectivity index (χ0n) is 11.7. The summed E-state index contributed by atoms with van der Waals surface area (Å²) in [5.41, 5.74) is 0.376. The molecule has 0 aliphatic heterocycles. The maximum Gasteiger partial charge on any atom is 0.0663 e. The number of hydrogen-bond donors (Lipinski definition) is 0. The van der Waals surface area contributed by atoms with Gasteiger partial charge in [0.05, 0.1) is 12.2 Å². The van der Waals surface area contributed by atoms with Gasteiger partial charge < -0.3 is 4.74 Å². The molecule has 0 radical (unpaired) electrons. The van der Waals surface area contributed by atoms with Gasteiger partial charge >= 0.3 is 0 Å². The van der Waals surface area contributed by atoms with E-state index in [4.69, 9.17) is 16.3 Å². The van der Waals surface area contributed by atoms with Crippen LogP contribution in [-0.2, 0) is 4.74 Å². The number of ether oxygens (including phenoxy) is 1. The molecule has 3 aliphatic rings. The molecule has 0 bridgehead atoms. The van der Waals surface area contributed by atoms with E-state index in [2.05, 4.69) is 6.92 Å². The van der Waals surface area contributed by atoms with Gasteiger partial charge in [0, 0.05) is 10.8 Å². The van der Waals surface area contributed by atoms with Crippen molar-refractivity contribution < 1.29 is 4.74 Å². The predicted octanol–water partition coefficient (Wildman–Crippen LogP) is 4.91. The average Bonchev–Trinajstić information content (AvgIpc) is 2.91. The van der Waals surface area contributed by atoms with E-state index in [9.17, 15) is 0 Å². The number of hydrogen-bond acceptors (Lipinski definition) is 1. The molecule has 3 aliphatic carbocycles. The molecule has 4 unspecified atom stereocenters. The summed E-state index contributed by atoms with van der Waals surface area (Å²) in [6.45, 7) is 2.32. The third kappa shape index (κ3) is 2.22. The Bertz CT molecular complexity index is 285. The van der Waals surface area contributed by atoms with Gasteiger partial charge in [-0.15, -0.1) is 11.6 Å². The third-order valence-electron chi connectivity index (χ3n) is 5.89. The summed E-state index contributed by atoms with van der Waals surface area (Å²) < 4.78 is 6.48. The highest BCUT2D eigenvalue weighted by Crippen LogP contribution is 2.57. The largest absolute Gasteiger partial charge is 0.374 e. The van der Waals surface area contributed by atoms with E-state index >= 15 is 0 Å². The van der Waals surface area contributed by atoms with Crippen molar-refractivity contribution in [2.75, 3.05) is 0 Å². The van der Waals surface area contributed by atoms with Crippen molar-refractivity contribution in [2.24, 2.45) is 11.3 Å². The van der Waals surface area contributed by atoms with Crippen molar-refractivity contribution in [2.45, 2.75) is 88.7 Å². The maximum absolute atomic E-state index is 6.50. The quantitative estimate of drug-likeness (QED) is 0.662. The third-order valence-corrected chi connectivity index (χ3v) is 6.50. The van der Waals surface area contributed by atoms with E-state index in [-0.39, 0.29) is 0 Å². The molecule has 0 N–H and O–H groups in total. The highest BCUT2D eigenvalue weighted by Gasteiger charge is 2.56. The van der Waals surface area contributed by atoms with Crippen LogP contribution in [0, 0.1) is 11.3 Å². The van der Waals surface area contributed by atoms with Crippen molar-refractivity contribution in [1.29, 1.82) is 0 Å². The minimum Gasteiger partial charge on any atom is -0.374 e. The van der Waals surface area contributed by atoms with E-state index in [0.29, 0.717) is 23.0 Å². The number of alkyl halides is 1. The van der Waals surface area contributed by atoms with Crippen LogP contribution in [0.15, 0.2) is 0 Å². The van der Waals surface area contributed by atoms with E-state index in [0.717, 1.165) is 12.3 Å². The van der Waals surface area contributed by atoms with E-state index in [1.165, 1.54) is 57.8 Å². The van der Waals surface area contributed by atoms with Crippen LogP contribution in [0.5, 0.6) is 0 Å². The Morgan fingerprint density at radius 2 is 1.89 bits per heavy atom. The average molecular weight is 271 g/mol. The molecular weight excluding hydrogens is 244 g/mol. The fourth-order valence-corrected chi connectivity index (χ4v) is 5.05. The zero-order valence-corrected chi connectivity index (χ0v) is 12.4. The minimum absolute atomic E-state index is 0.376. The lowest BCUT2D eigenvalue weighted by molar-refractivity contribution is -0.148. The van der Waals surface area contributed by atoms with Gasteiger partial charge in [0.25, 0.3) is 0 Å². The molecule has 0 amide bonds. The van der Waals surface area contributed by atoms with Gasteiger partial charge in [-0.3, -0.25) is 0 Å². The summed E-state index contributed by atoms with van der Waals surface area (Å²) >= 11 is 6.50. The zero-order chi connectivity index (χ0) is 12.6. The van der Waals surface area contributed by atoms with Crippen LogP contribution in [0.4, 0.5) is 0 Å². The molecule has 3 fully saturated rings. The maximum atomic E-state index is 6.50. The molecule has 3 rings (SSSR count). The smallest absolute Gasteiger partial charge is 0.0663 e. The second-order valence-corrected chi connectivity index (χ2v) is 7.36. The molecule has 18 heavy (non-hydrogen) atoms. The Balaban J connectivity index is 1.56. The van der Waals surface area contributed by atoms with Crippen LogP contribution in [0.3, 0.4) is 0 Å². The Hall–Kier alpha value is 0.250. The minimum atomic E-state index is 0.376. The Morgan fingerprint density at radius 3 is 2.56 bits per heavy atom. The molecule has 0 heterocycles. The van der Waals surface area contributed by atoms with Gasteiger partial charge in [-0.25, -0.2) is 0 Å². The standard InChI is InChI=1S/C16H27ClO/c1-2-12-6-5-7-13(10-12)18-15-11-14(17)16(15)8-3-4-9-16/h12-15H,2-11H2,1H3. The van der Waals surface area contributed by atoms with Crippen LogP contribution < -0.4 is 0 Å². The lowest BCUT2D eigenvalue weighted by Crippen LogP contribution is -2.55. The highest BCUT2D eigenvalue weighted by molar-refractivity contribution is 6.21. The number of rotatable bonds is 3. The molecule has 0 aromatic rings. The van der Waals surface area contributed by atoms with Crippen molar-refractivity contribution >= 4 is 11.6 Å². The lowest BCUT2D eigenvalue weighted by atomic mass is 9.64. The van der Waals surface area contributed by atoms with Gasteiger partial charge in [-0.05, 0) is 38.0 Å². The highest BCUT2D eigenvalue weighted by atomic mass is 35.5. The topological polar surface area (TPSA) is 9.23 Å². The molecule has 3 saturated carbocycles. The van der Waals surface area contributed by atoms with Gasteiger partial charge in [0.15, 0.2) is 0 Å². The summed E-state index contributed by atoms with van der Waals surface area (Å²) in [6, 6.07) is 0. The van der Waals surface area contributed by atoms with Crippen LogP contribution in [0.2, 0.25) is 0 Å². The van der Waals surface area contributed by atoms with E-state index < -0.39 is 0 Å². The van der Waals surface area contributed by atoms with Crippen LogP contribution in [0.25, 0.3) is 0 Å². The summed E-state index contributed by atoms with van der Waals surface area (Å²) in [4.78, 5) is 0. The molecule has 0 saturated heterocycles. The molecule has 104 valence electrons. The first-order valence-corrected chi connectivity index (χ1v) is 8.48. The monoisotopic (exact) mass is 270 g/mol. The molecular formula is C16H27ClO. The summed E-state index contributed by atoms with van der Waals surface area (Å²) in [6.07, 6.45) is 14.2. The van der Waals surface area contributed by atoms with Gasteiger partial charge in [0.2, 0.25) is 0 Å². The van der Waals surface area contributed by atoms with Gasteiger partial charge in [0.1, 0.15) is 0 Å². The van der Waals surface area contributed by atoms with Crippen LogP contribution in [0.1, 0.15) is 71.1 Å². The first-order valence-electron chi connectivity index (χ1n) is 8.04. The fourth-order valence-electron chi connectivity index (χ4n) is 4.53. The molecule has 1 nitrogen and oxygen atoms in total. The number of halogens is 1. The van der Waals surface area contributed by atoms with Crippen molar-refractivity contribution in [3.63, 3.8) is 0 Å². The Labute approximate surface area is 117 Å². The van der Waals surface area contributed by atoms with Crippen molar-refractivity contribution in [3.05, 3.63) is 0 Å². The summed E-state index contributed by atoms with van der Waals surface area (Å²) in [5.74, 6) is 0.912. The normalized spacial score (nSPS) is 43.0. The van der Waals surface area contributed by atoms with E-state index in [1.54, 1.807) is 0 Å². The first-order chi connectivity index (χ1) is 8.74. The second-order valence-electron chi connectivity index (χ2n) is 6.83. The molecule has 2 heteroatoms. The second kappa shape index (κ2) is 5.32. The molecule has 1 spiro atoms. The fraction of sp³-hybridized carbons (Fsp3) is 1.00. The van der Waals surface area contributed by atoms with Crippen molar-refractivity contribution in [1.82, 2.24) is 0 Å². The molecule has 0 aromatic heterocycles. The summed E-state index contributed by atoms with van der Waals surface area (Å²) in [7, 11) is 0. The van der Waals surface area contributed by atoms with Crippen LogP contribution in [-0.4, -0.2) is 17.6 Å². The van der Waals surface area contributed by atoms with Gasteiger partial charge in [-0.2, -0.15) is 0 Å². The van der Waals surface area contributed by atoms with Crippen molar-refractivity contribution in [3.8, 4) is 0 Å². The predicted molar refractivity (Wildman–Crippen MR) is 76.1 cm³/mol. The SMILES string of the molecule is CCC1CCCC(OC2CC(Cl)C23CCCC3)C1. The Kier molecular flexibility index (Phi) is 3.92. The lowest BCUT2D eigenvalue weighted by Gasteiger charge is -2.52. The Morgan fingerprint density at radius 1 is 1.11 bits per heavy atom. The van der Waals surface area contributed by atoms with E-state index in [1.807, 2.05) is 0 Å². The molecule has 4 atom stereocenters. The van der Waals surface area contributed by atoms with Crippen LogP contribution >= 0.6 is 11.6 Å². The summed E-state index contributed by atoms with van der Waals surface area (Å²) in [5, 5.41) is 0.399. The first kappa shape index (κ1) is 13.2.